The summed E-state index contributed by atoms with van der Waals surface area (Å²) in [5, 5.41) is 24.7. The quantitative estimate of drug-likeness (QED) is 0.849. The van der Waals surface area contributed by atoms with Crippen LogP contribution in [0.4, 0.5) is 13.2 Å². The standard InChI is InChI=1S/C11H7F3N4O/c12-7-2-1-6(9(13)10(7)14)11-8(5-15)16-17-18(11)3-4-19/h1-2,19H,3-4H2. The molecule has 0 fully saturated rings. The SMILES string of the molecule is N#Cc1nnn(CCO)c1-c1ccc(F)c(F)c1F. The number of benzene rings is 1. The van der Waals surface area contributed by atoms with E-state index in [0.717, 1.165) is 16.8 Å². The predicted molar refractivity (Wildman–Crippen MR) is 57.1 cm³/mol. The molecule has 0 radical (unpaired) electrons. The molecular formula is C11H7F3N4O. The number of aromatic nitrogens is 3. The average Bonchev–Trinajstić information content (AvgIpc) is 2.80. The van der Waals surface area contributed by atoms with Crippen LogP contribution in [0.25, 0.3) is 11.3 Å². The summed E-state index contributed by atoms with van der Waals surface area (Å²) in [6, 6.07) is 3.40. The van der Waals surface area contributed by atoms with E-state index in [1.807, 2.05) is 0 Å². The Morgan fingerprint density at radius 2 is 2.00 bits per heavy atom. The smallest absolute Gasteiger partial charge is 0.195 e. The lowest BCUT2D eigenvalue weighted by Gasteiger charge is -2.07. The highest BCUT2D eigenvalue weighted by Crippen LogP contribution is 2.27. The summed E-state index contributed by atoms with van der Waals surface area (Å²) >= 11 is 0. The van der Waals surface area contributed by atoms with Gasteiger partial charge in [0.1, 0.15) is 11.8 Å². The Hall–Kier alpha value is -2.40. The molecule has 1 N–H and O–H groups in total. The Morgan fingerprint density at radius 1 is 1.26 bits per heavy atom. The summed E-state index contributed by atoms with van der Waals surface area (Å²) in [6.45, 7) is -0.380. The summed E-state index contributed by atoms with van der Waals surface area (Å²) in [7, 11) is 0. The van der Waals surface area contributed by atoms with Crippen molar-refractivity contribution in [3.8, 4) is 17.3 Å². The maximum absolute atomic E-state index is 13.7. The number of aliphatic hydroxyl groups excluding tert-OH is 1. The van der Waals surface area contributed by atoms with Gasteiger partial charge in [-0.2, -0.15) is 5.26 Å². The van der Waals surface area contributed by atoms with Crippen LogP contribution in [-0.2, 0) is 6.54 Å². The minimum atomic E-state index is -1.64. The van der Waals surface area contributed by atoms with Gasteiger partial charge in [-0.25, -0.2) is 17.9 Å². The number of aliphatic hydroxyl groups is 1. The normalized spacial score (nSPS) is 10.5. The van der Waals surface area contributed by atoms with Crippen molar-refractivity contribution >= 4 is 0 Å². The van der Waals surface area contributed by atoms with Crippen molar-refractivity contribution in [2.24, 2.45) is 0 Å². The van der Waals surface area contributed by atoms with Crippen LogP contribution in [0, 0.1) is 28.8 Å². The molecule has 0 spiro atoms. The highest BCUT2D eigenvalue weighted by Gasteiger charge is 2.22. The zero-order chi connectivity index (χ0) is 14.0. The highest BCUT2D eigenvalue weighted by molar-refractivity contribution is 5.65. The molecule has 0 aliphatic rings. The van der Waals surface area contributed by atoms with Gasteiger partial charge in [-0.3, -0.25) is 0 Å². The first-order valence-electron chi connectivity index (χ1n) is 5.18. The van der Waals surface area contributed by atoms with Crippen molar-refractivity contribution in [3.63, 3.8) is 0 Å². The fourth-order valence-electron chi connectivity index (χ4n) is 1.61. The van der Waals surface area contributed by atoms with Gasteiger partial charge < -0.3 is 5.11 Å². The monoisotopic (exact) mass is 268 g/mol. The van der Waals surface area contributed by atoms with Gasteiger partial charge in [-0.1, -0.05) is 5.21 Å². The Morgan fingerprint density at radius 3 is 2.63 bits per heavy atom. The second kappa shape index (κ2) is 5.07. The molecule has 0 saturated carbocycles. The van der Waals surface area contributed by atoms with Crippen molar-refractivity contribution in [1.82, 2.24) is 15.0 Å². The predicted octanol–water partition coefficient (Wildman–Crippen LogP) is 1.23. The van der Waals surface area contributed by atoms with Crippen LogP contribution in [0.3, 0.4) is 0 Å². The van der Waals surface area contributed by atoms with Gasteiger partial charge in [0.2, 0.25) is 0 Å². The fourth-order valence-corrected chi connectivity index (χ4v) is 1.61. The van der Waals surface area contributed by atoms with Crippen LogP contribution in [0.15, 0.2) is 12.1 Å². The average molecular weight is 268 g/mol. The first-order chi connectivity index (χ1) is 9.10. The molecule has 0 unspecified atom stereocenters. The third-order valence-corrected chi connectivity index (χ3v) is 2.44. The molecule has 0 saturated heterocycles. The van der Waals surface area contributed by atoms with Crippen LogP contribution in [0.2, 0.25) is 0 Å². The lowest BCUT2D eigenvalue weighted by atomic mass is 10.1. The molecular weight excluding hydrogens is 261 g/mol. The Labute approximate surface area is 105 Å². The minimum absolute atomic E-state index is 0.0531. The van der Waals surface area contributed by atoms with E-state index in [2.05, 4.69) is 10.3 Å². The first kappa shape index (κ1) is 13.0. The Kier molecular flexibility index (Phi) is 3.48. The molecule has 1 heterocycles. The third kappa shape index (κ3) is 2.15. The molecule has 8 heteroatoms. The number of hydrogen-bond donors (Lipinski definition) is 1. The number of nitrogens with zero attached hydrogens (tertiary/aromatic N) is 4. The van der Waals surface area contributed by atoms with Crippen molar-refractivity contribution in [2.75, 3.05) is 6.61 Å². The van der Waals surface area contributed by atoms with Gasteiger partial charge in [0.15, 0.2) is 23.1 Å². The van der Waals surface area contributed by atoms with E-state index in [4.69, 9.17) is 10.4 Å². The van der Waals surface area contributed by atoms with Crippen molar-refractivity contribution in [3.05, 3.63) is 35.3 Å². The molecule has 0 aliphatic carbocycles. The van der Waals surface area contributed by atoms with Crippen molar-refractivity contribution < 1.29 is 18.3 Å². The van der Waals surface area contributed by atoms with Gasteiger partial charge in [0.05, 0.1) is 13.2 Å². The van der Waals surface area contributed by atoms with E-state index in [1.54, 1.807) is 6.07 Å². The van der Waals surface area contributed by atoms with Gasteiger partial charge in [0, 0.05) is 5.56 Å². The van der Waals surface area contributed by atoms with Crippen molar-refractivity contribution in [1.29, 1.82) is 5.26 Å². The molecule has 2 aromatic rings. The number of rotatable bonds is 3. The van der Waals surface area contributed by atoms with Crippen LogP contribution in [-0.4, -0.2) is 26.7 Å². The van der Waals surface area contributed by atoms with E-state index in [-0.39, 0.29) is 30.1 Å². The van der Waals surface area contributed by atoms with Crippen LogP contribution >= 0.6 is 0 Å². The largest absolute Gasteiger partial charge is 0.394 e. The fraction of sp³-hybridized carbons (Fsp3) is 0.182. The lowest BCUT2D eigenvalue weighted by Crippen LogP contribution is -2.07. The summed E-state index contributed by atoms with van der Waals surface area (Å²) in [5.74, 6) is -4.41. The molecule has 5 nitrogen and oxygen atoms in total. The lowest BCUT2D eigenvalue weighted by molar-refractivity contribution is 0.268. The van der Waals surface area contributed by atoms with Crippen molar-refractivity contribution in [2.45, 2.75) is 6.54 Å². The van der Waals surface area contributed by atoms with E-state index in [1.165, 1.54) is 0 Å². The van der Waals surface area contributed by atoms with Gasteiger partial charge in [-0.05, 0) is 12.1 Å². The zero-order valence-electron chi connectivity index (χ0n) is 9.44. The van der Waals surface area contributed by atoms with E-state index >= 15 is 0 Å². The third-order valence-electron chi connectivity index (χ3n) is 2.44. The number of hydrogen-bond acceptors (Lipinski definition) is 4. The Bertz CT molecular complexity index is 663. The van der Waals surface area contributed by atoms with E-state index in [0.29, 0.717) is 0 Å². The van der Waals surface area contributed by atoms with Gasteiger partial charge in [-0.15, -0.1) is 5.10 Å². The maximum atomic E-state index is 13.7. The molecule has 2 rings (SSSR count). The van der Waals surface area contributed by atoms with Crippen LogP contribution in [0.1, 0.15) is 5.69 Å². The number of halogens is 3. The second-order valence-electron chi connectivity index (χ2n) is 3.57. The molecule has 19 heavy (non-hydrogen) atoms. The topological polar surface area (TPSA) is 74.7 Å². The molecule has 1 aromatic carbocycles. The van der Waals surface area contributed by atoms with Crippen LogP contribution < -0.4 is 0 Å². The second-order valence-corrected chi connectivity index (χ2v) is 3.57. The summed E-state index contributed by atoms with van der Waals surface area (Å²) in [6.07, 6.45) is 0. The molecule has 0 bridgehead atoms. The van der Waals surface area contributed by atoms with Gasteiger partial charge >= 0.3 is 0 Å². The van der Waals surface area contributed by atoms with E-state index < -0.39 is 17.5 Å². The molecule has 0 atom stereocenters. The minimum Gasteiger partial charge on any atom is -0.394 e. The molecule has 0 amide bonds. The zero-order valence-corrected chi connectivity index (χ0v) is 9.44. The van der Waals surface area contributed by atoms with E-state index in [9.17, 15) is 13.2 Å². The summed E-state index contributed by atoms with van der Waals surface area (Å²) in [5.41, 5.74) is -0.680. The summed E-state index contributed by atoms with van der Waals surface area (Å²) in [4.78, 5) is 0. The molecule has 1 aromatic heterocycles. The highest BCUT2D eigenvalue weighted by atomic mass is 19.2. The molecule has 98 valence electrons. The van der Waals surface area contributed by atoms with Gasteiger partial charge in [0.25, 0.3) is 0 Å². The Balaban J connectivity index is 2.68. The van der Waals surface area contributed by atoms with Crippen LogP contribution in [0.5, 0.6) is 0 Å². The first-order valence-corrected chi connectivity index (χ1v) is 5.18. The molecule has 0 aliphatic heterocycles. The number of nitriles is 1. The maximum Gasteiger partial charge on any atom is 0.195 e. The summed E-state index contributed by atoms with van der Waals surface area (Å²) < 4.78 is 40.8.